The van der Waals surface area contributed by atoms with E-state index in [9.17, 15) is 23.2 Å². The van der Waals surface area contributed by atoms with Crippen molar-refractivity contribution in [3.63, 3.8) is 0 Å². The molecule has 0 bridgehead atoms. The molecule has 1 atom stereocenters. The van der Waals surface area contributed by atoms with E-state index in [1.54, 1.807) is 25.1 Å². The van der Waals surface area contributed by atoms with Gasteiger partial charge >= 0.3 is 5.97 Å². The maximum absolute atomic E-state index is 14.3. The van der Waals surface area contributed by atoms with Gasteiger partial charge in [0.2, 0.25) is 0 Å². The number of anilines is 1. The summed E-state index contributed by atoms with van der Waals surface area (Å²) in [6.45, 7) is 2.50. The molecule has 0 radical (unpaired) electrons. The molecule has 37 heavy (non-hydrogen) atoms. The van der Waals surface area contributed by atoms with Crippen LogP contribution in [0.15, 0.2) is 41.3 Å². The Bertz CT molecular complexity index is 1620. The lowest BCUT2D eigenvalue weighted by molar-refractivity contribution is -0.159. The number of hydrogen-bond donors (Lipinski definition) is 2. The average molecular weight is 510 g/mol. The molecule has 0 aliphatic carbocycles. The number of nitrogens with one attached hydrogen (secondary N) is 2. The summed E-state index contributed by atoms with van der Waals surface area (Å²) in [6.07, 6.45) is 0.997. The average Bonchev–Trinajstić information content (AvgIpc) is 3.33. The first kappa shape index (κ1) is 24.2. The minimum atomic E-state index is -1.80. The van der Waals surface area contributed by atoms with Gasteiger partial charge in [0.05, 0.1) is 24.7 Å². The number of esters is 1. The Morgan fingerprint density at radius 3 is 2.76 bits per heavy atom. The summed E-state index contributed by atoms with van der Waals surface area (Å²) in [5, 5.41) is 7.12. The molecule has 4 aromatic rings. The van der Waals surface area contributed by atoms with E-state index in [0.29, 0.717) is 5.56 Å². The van der Waals surface area contributed by atoms with E-state index in [1.165, 1.54) is 23.7 Å². The molecule has 0 fully saturated rings. The van der Waals surface area contributed by atoms with Gasteiger partial charge in [-0.05, 0) is 26.0 Å². The van der Waals surface area contributed by atoms with Crippen molar-refractivity contribution in [3.05, 3.63) is 69.6 Å². The molecule has 1 aromatic carbocycles. The van der Waals surface area contributed by atoms with Crippen molar-refractivity contribution < 1.29 is 27.8 Å². The smallest absolute Gasteiger partial charge is 0.332 e. The van der Waals surface area contributed by atoms with Crippen molar-refractivity contribution >= 4 is 28.7 Å². The molecule has 11 nitrogen and oxygen atoms in total. The number of pyridine rings is 1. The number of ether oxygens (including phenoxy) is 2. The van der Waals surface area contributed by atoms with Gasteiger partial charge < -0.3 is 19.8 Å². The van der Waals surface area contributed by atoms with Crippen LogP contribution < -0.4 is 10.9 Å². The van der Waals surface area contributed by atoms with Gasteiger partial charge in [0, 0.05) is 5.56 Å². The number of halogens is 2. The first-order valence-electron chi connectivity index (χ1n) is 11.2. The third kappa shape index (κ3) is 4.22. The lowest BCUT2D eigenvalue weighted by atomic mass is 10.00. The van der Waals surface area contributed by atoms with E-state index in [0.717, 1.165) is 6.20 Å². The Kier molecular flexibility index (Phi) is 5.99. The molecule has 13 heteroatoms. The Labute approximate surface area is 207 Å². The van der Waals surface area contributed by atoms with Gasteiger partial charge in [-0.15, -0.1) is 0 Å². The first-order valence-corrected chi connectivity index (χ1v) is 11.2. The predicted octanol–water partition coefficient (Wildman–Crippen LogP) is 2.26. The molecule has 1 aliphatic heterocycles. The van der Waals surface area contributed by atoms with Crippen molar-refractivity contribution in [2.45, 2.75) is 26.0 Å². The van der Waals surface area contributed by atoms with Crippen LogP contribution in [0.1, 0.15) is 25.0 Å². The van der Waals surface area contributed by atoms with Crippen LogP contribution in [0, 0.1) is 11.6 Å². The number of H-pyrrole nitrogens is 1. The van der Waals surface area contributed by atoms with Crippen LogP contribution in [-0.2, 0) is 31.2 Å². The molecule has 0 saturated carbocycles. The summed E-state index contributed by atoms with van der Waals surface area (Å²) >= 11 is 0. The van der Waals surface area contributed by atoms with E-state index in [-0.39, 0.29) is 47.1 Å². The van der Waals surface area contributed by atoms with Crippen molar-refractivity contribution in [1.82, 2.24) is 24.7 Å². The van der Waals surface area contributed by atoms with Crippen molar-refractivity contribution in [2.24, 2.45) is 0 Å². The summed E-state index contributed by atoms with van der Waals surface area (Å²) < 4.78 is 40.1. The number of fused-ring (bicyclic) bond motifs is 2. The molecule has 0 saturated heterocycles. The predicted molar refractivity (Wildman–Crippen MR) is 125 cm³/mol. The first-order chi connectivity index (χ1) is 17.7. The molecule has 190 valence electrons. The highest BCUT2D eigenvalue weighted by Gasteiger charge is 2.48. The van der Waals surface area contributed by atoms with E-state index in [2.05, 4.69) is 25.4 Å². The zero-order valence-corrected chi connectivity index (χ0v) is 19.7. The quantitative estimate of drug-likeness (QED) is 0.361. The molecule has 5 rings (SSSR count). The summed E-state index contributed by atoms with van der Waals surface area (Å²) in [5.41, 5.74) is -2.05. The number of amides is 1. The van der Waals surface area contributed by atoms with Crippen LogP contribution in [0.2, 0.25) is 0 Å². The van der Waals surface area contributed by atoms with Gasteiger partial charge in [0.15, 0.2) is 17.1 Å². The molecule has 4 heterocycles. The molecule has 2 N–H and O–H groups in total. The number of carbonyl (C=O) groups is 2. The standard InChI is InChI=1S/C24H20F2N6O5/c1-3-36-16(33)11-37-24(2)17-19(30-23(24)35)28-20(29-22(17)34)18-14-8-13(25)9-27-21(14)32(31-18)10-12-6-4-5-7-15(12)26/h4-9H,3,10-11H2,1-2H3,(H2,28,29,30,34,35). The summed E-state index contributed by atoms with van der Waals surface area (Å²) in [5.74, 6) is -2.70. The molecular formula is C24H20F2N6O5. The largest absolute Gasteiger partial charge is 0.464 e. The maximum Gasteiger partial charge on any atom is 0.332 e. The van der Waals surface area contributed by atoms with Crippen LogP contribution in [0.4, 0.5) is 14.6 Å². The molecule has 1 unspecified atom stereocenters. The van der Waals surface area contributed by atoms with Crippen molar-refractivity contribution in [3.8, 4) is 11.5 Å². The molecule has 1 amide bonds. The second-order valence-electron chi connectivity index (χ2n) is 8.34. The highest BCUT2D eigenvalue weighted by atomic mass is 19.1. The second-order valence-corrected chi connectivity index (χ2v) is 8.34. The van der Waals surface area contributed by atoms with Gasteiger partial charge in [-0.1, -0.05) is 18.2 Å². The van der Waals surface area contributed by atoms with Crippen molar-refractivity contribution in [2.75, 3.05) is 18.5 Å². The topological polar surface area (TPSA) is 141 Å². The minimum Gasteiger partial charge on any atom is -0.464 e. The zero-order valence-electron chi connectivity index (χ0n) is 19.7. The van der Waals surface area contributed by atoms with Crippen LogP contribution in [0.3, 0.4) is 0 Å². The summed E-state index contributed by atoms with van der Waals surface area (Å²) in [6, 6.07) is 7.27. The molecular weight excluding hydrogens is 490 g/mol. The van der Waals surface area contributed by atoms with Gasteiger partial charge in [-0.2, -0.15) is 5.10 Å². The van der Waals surface area contributed by atoms with E-state index in [4.69, 9.17) is 9.47 Å². The van der Waals surface area contributed by atoms with Gasteiger partial charge in [-0.25, -0.2) is 28.2 Å². The Morgan fingerprint density at radius 2 is 2.00 bits per heavy atom. The van der Waals surface area contributed by atoms with E-state index in [1.807, 2.05) is 0 Å². The lowest BCUT2D eigenvalue weighted by Gasteiger charge is -2.21. The fourth-order valence-electron chi connectivity index (χ4n) is 4.11. The molecule has 0 spiro atoms. The SMILES string of the molecule is CCOC(=O)COC1(C)C(=O)Nc2nc(-c3nn(Cc4ccccc4F)c4ncc(F)cc34)[nH]c(=O)c21. The fraction of sp³-hybridized carbons (Fsp3) is 0.250. The highest BCUT2D eigenvalue weighted by molar-refractivity contribution is 6.04. The highest BCUT2D eigenvalue weighted by Crippen LogP contribution is 2.36. The fourth-order valence-corrected chi connectivity index (χ4v) is 4.11. The van der Waals surface area contributed by atoms with Gasteiger partial charge in [-0.3, -0.25) is 9.59 Å². The third-order valence-electron chi connectivity index (χ3n) is 5.90. The van der Waals surface area contributed by atoms with Crippen LogP contribution in [0.25, 0.3) is 22.6 Å². The van der Waals surface area contributed by atoms with Crippen LogP contribution in [-0.4, -0.2) is 49.8 Å². The van der Waals surface area contributed by atoms with Gasteiger partial charge in [0.1, 0.15) is 35.3 Å². The second kappa shape index (κ2) is 9.17. The van der Waals surface area contributed by atoms with Gasteiger partial charge in [0.25, 0.3) is 11.5 Å². The minimum absolute atomic E-state index is 0.0204. The number of nitrogens with zero attached hydrogens (tertiary/aromatic N) is 4. The van der Waals surface area contributed by atoms with Crippen LogP contribution in [0.5, 0.6) is 0 Å². The number of aromatic amines is 1. The Hall–Kier alpha value is -4.52. The third-order valence-corrected chi connectivity index (χ3v) is 5.90. The Balaban J connectivity index is 1.58. The summed E-state index contributed by atoms with van der Waals surface area (Å²) in [7, 11) is 0. The number of benzene rings is 1. The molecule has 3 aromatic heterocycles. The number of carbonyl (C=O) groups excluding carboxylic acids is 2. The van der Waals surface area contributed by atoms with Crippen molar-refractivity contribution in [1.29, 1.82) is 0 Å². The number of rotatable bonds is 7. The lowest BCUT2D eigenvalue weighted by Crippen LogP contribution is -2.39. The molecule has 1 aliphatic rings. The van der Waals surface area contributed by atoms with E-state index >= 15 is 0 Å². The van der Waals surface area contributed by atoms with E-state index < -0.39 is 41.3 Å². The zero-order chi connectivity index (χ0) is 26.3. The number of aromatic nitrogens is 5. The monoisotopic (exact) mass is 510 g/mol. The van der Waals surface area contributed by atoms with Crippen LogP contribution >= 0.6 is 0 Å². The summed E-state index contributed by atoms with van der Waals surface area (Å²) in [4.78, 5) is 48.6. The maximum atomic E-state index is 14.3. The number of hydrogen-bond acceptors (Lipinski definition) is 8. The normalized spacial score (nSPS) is 16.6. The Morgan fingerprint density at radius 1 is 1.22 bits per heavy atom.